The lowest BCUT2D eigenvalue weighted by Crippen LogP contribution is -2.22. The van der Waals surface area contributed by atoms with E-state index in [1.54, 1.807) is 43.5 Å². The van der Waals surface area contributed by atoms with Gasteiger partial charge in [0.15, 0.2) is 5.58 Å². The maximum absolute atomic E-state index is 13.3. The van der Waals surface area contributed by atoms with Crippen molar-refractivity contribution in [3.8, 4) is 0 Å². The van der Waals surface area contributed by atoms with E-state index in [1.807, 2.05) is 31.2 Å². The summed E-state index contributed by atoms with van der Waals surface area (Å²) in [7, 11) is 1.30. The number of carbonyl (C=O) groups is 2. The molecule has 0 fully saturated rings. The van der Waals surface area contributed by atoms with Crippen LogP contribution in [0.3, 0.4) is 0 Å². The highest BCUT2D eigenvalue weighted by atomic mass is 16.5. The Morgan fingerprint density at radius 1 is 1.12 bits per heavy atom. The molecular weight excluding hydrogens is 434 g/mol. The third kappa shape index (κ3) is 4.72. The highest BCUT2D eigenvalue weighted by molar-refractivity contribution is 6.06. The molecule has 1 amide bonds. The SMILES string of the molecule is COC(=O)c1ccc(NC(=O)c2cc3c(CO)cnc(C)c3oc2=Nc2cccc(C)c2)cc1. The summed E-state index contributed by atoms with van der Waals surface area (Å²) >= 11 is 0. The van der Waals surface area contributed by atoms with E-state index in [2.05, 4.69) is 15.3 Å². The average molecular weight is 457 g/mol. The minimum atomic E-state index is -0.467. The van der Waals surface area contributed by atoms with Gasteiger partial charge in [0, 0.05) is 22.8 Å². The number of anilines is 1. The Hall–Kier alpha value is -4.30. The van der Waals surface area contributed by atoms with Crippen molar-refractivity contribution in [2.45, 2.75) is 20.5 Å². The number of aliphatic hydroxyl groups excluding tert-OH is 1. The number of hydrogen-bond acceptors (Lipinski definition) is 7. The van der Waals surface area contributed by atoms with Gasteiger partial charge in [-0.05, 0) is 61.9 Å². The molecular formula is C26H23N3O5. The fourth-order valence-electron chi connectivity index (χ4n) is 3.48. The Morgan fingerprint density at radius 2 is 1.88 bits per heavy atom. The van der Waals surface area contributed by atoms with E-state index in [0.717, 1.165) is 5.56 Å². The Kier molecular flexibility index (Phi) is 6.51. The van der Waals surface area contributed by atoms with Gasteiger partial charge in [-0.2, -0.15) is 0 Å². The summed E-state index contributed by atoms with van der Waals surface area (Å²) < 4.78 is 10.8. The van der Waals surface area contributed by atoms with Crippen LogP contribution in [0, 0.1) is 13.8 Å². The van der Waals surface area contributed by atoms with E-state index in [9.17, 15) is 14.7 Å². The summed E-state index contributed by atoms with van der Waals surface area (Å²) in [4.78, 5) is 33.8. The lowest BCUT2D eigenvalue weighted by atomic mass is 10.1. The predicted molar refractivity (Wildman–Crippen MR) is 127 cm³/mol. The van der Waals surface area contributed by atoms with E-state index in [1.165, 1.54) is 7.11 Å². The largest absolute Gasteiger partial charge is 0.465 e. The first-order valence-electron chi connectivity index (χ1n) is 10.5. The number of nitrogens with one attached hydrogen (secondary N) is 1. The van der Waals surface area contributed by atoms with E-state index < -0.39 is 11.9 Å². The lowest BCUT2D eigenvalue weighted by Gasteiger charge is -2.10. The van der Waals surface area contributed by atoms with Gasteiger partial charge in [-0.1, -0.05) is 12.1 Å². The molecule has 0 radical (unpaired) electrons. The average Bonchev–Trinajstić information content (AvgIpc) is 2.84. The van der Waals surface area contributed by atoms with Crippen molar-refractivity contribution >= 4 is 34.2 Å². The number of nitrogens with zero attached hydrogens (tertiary/aromatic N) is 2. The summed E-state index contributed by atoms with van der Waals surface area (Å²) in [6, 6.07) is 15.5. The van der Waals surface area contributed by atoms with Gasteiger partial charge < -0.3 is 19.6 Å². The normalized spacial score (nSPS) is 11.5. The van der Waals surface area contributed by atoms with E-state index in [4.69, 9.17) is 9.15 Å². The van der Waals surface area contributed by atoms with Gasteiger partial charge in [0.05, 0.1) is 30.7 Å². The Balaban J connectivity index is 1.83. The molecule has 2 heterocycles. The second-order valence-electron chi connectivity index (χ2n) is 7.71. The molecule has 8 heteroatoms. The number of rotatable bonds is 5. The summed E-state index contributed by atoms with van der Waals surface area (Å²) in [5.41, 5.74) is 4.37. The molecule has 0 aliphatic heterocycles. The van der Waals surface area contributed by atoms with Crippen LogP contribution in [-0.2, 0) is 11.3 Å². The quantitative estimate of drug-likeness (QED) is 0.434. The topological polar surface area (TPSA) is 114 Å². The van der Waals surface area contributed by atoms with E-state index in [-0.39, 0.29) is 17.7 Å². The first-order chi connectivity index (χ1) is 16.4. The number of aryl methyl sites for hydroxylation is 2. The number of pyridine rings is 1. The minimum Gasteiger partial charge on any atom is -0.465 e. The van der Waals surface area contributed by atoms with Crippen LogP contribution < -0.4 is 10.9 Å². The third-order valence-electron chi connectivity index (χ3n) is 5.26. The Morgan fingerprint density at radius 3 is 2.56 bits per heavy atom. The second kappa shape index (κ2) is 9.68. The van der Waals surface area contributed by atoms with Crippen molar-refractivity contribution in [3.63, 3.8) is 0 Å². The fraction of sp³-hybridized carbons (Fsp3) is 0.154. The van der Waals surface area contributed by atoms with Crippen LogP contribution in [0.1, 0.15) is 37.5 Å². The van der Waals surface area contributed by atoms with Crippen LogP contribution in [-0.4, -0.2) is 29.1 Å². The van der Waals surface area contributed by atoms with Crippen LogP contribution >= 0.6 is 0 Å². The monoisotopic (exact) mass is 457 g/mol. The molecule has 0 aliphatic rings. The number of aliphatic hydroxyl groups is 1. The molecule has 2 aromatic carbocycles. The molecule has 0 bridgehead atoms. The van der Waals surface area contributed by atoms with Gasteiger partial charge in [-0.25, -0.2) is 9.79 Å². The van der Waals surface area contributed by atoms with Crippen molar-refractivity contribution in [1.29, 1.82) is 0 Å². The molecule has 0 aliphatic carbocycles. The van der Waals surface area contributed by atoms with Crippen molar-refractivity contribution < 1.29 is 23.8 Å². The fourth-order valence-corrected chi connectivity index (χ4v) is 3.48. The zero-order valence-electron chi connectivity index (χ0n) is 19.0. The van der Waals surface area contributed by atoms with E-state index >= 15 is 0 Å². The number of benzene rings is 2. The smallest absolute Gasteiger partial charge is 0.337 e. The first-order valence-corrected chi connectivity index (χ1v) is 10.5. The van der Waals surface area contributed by atoms with Gasteiger partial charge in [-0.3, -0.25) is 9.78 Å². The molecule has 0 atom stereocenters. The number of amides is 1. The minimum absolute atomic E-state index is 0.113. The van der Waals surface area contributed by atoms with Crippen LogP contribution in [0.5, 0.6) is 0 Å². The van der Waals surface area contributed by atoms with Gasteiger partial charge in [0.2, 0.25) is 5.55 Å². The van der Waals surface area contributed by atoms with Crippen LogP contribution in [0.2, 0.25) is 0 Å². The summed E-state index contributed by atoms with van der Waals surface area (Å²) in [5.74, 6) is -0.924. The standard InChI is InChI=1S/C26H23N3O5/c1-15-5-4-6-20(11-15)29-25-22(12-21-18(14-30)13-27-16(2)23(21)34-25)24(31)28-19-9-7-17(8-10-19)26(32)33-3/h4-13,30H,14H2,1-3H3,(H,28,31). The first kappa shape index (κ1) is 22.9. The predicted octanol–water partition coefficient (Wildman–Crippen LogP) is 4.21. The molecule has 4 rings (SSSR count). The van der Waals surface area contributed by atoms with Gasteiger partial charge >= 0.3 is 5.97 Å². The molecule has 8 nitrogen and oxygen atoms in total. The molecule has 34 heavy (non-hydrogen) atoms. The van der Waals surface area contributed by atoms with Gasteiger partial charge in [0.1, 0.15) is 5.56 Å². The second-order valence-corrected chi connectivity index (χ2v) is 7.71. The van der Waals surface area contributed by atoms with Crippen molar-refractivity contribution in [3.05, 3.63) is 94.3 Å². The maximum atomic E-state index is 13.3. The number of esters is 1. The summed E-state index contributed by atoms with van der Waals surface area (Å²) in [5, 5.41) is 13.2. The van der Waals surface area contributed by atoms with Crippen LogP contribution in [0.4, 0.5) is 11.4 Å². The number of aromatic nitrogens is 1. The Labute approximate surface area is 195 Å². The molecule has 0 saturated heterocycles. The van der Waals surface area contributed by atoms with Crippen molar-refractivity contribution in [2.75, 3.05) is 12.4 Å². The molecule has 0 saturated carbocycles. The number of methoxy groups -OCH3 is 1. The van der Waals surface area contributed by atoms with Crippen LogP contribution in [0.15, 0.2) is 70.2 Å². The molecule has 2 aromatic heterocycles. The molecule has 172 valence electrons. The van der Waals surface area contributed by atoms with Gasteiger partial charge in [0.25, 0.3) is 5.91 Å². The number of fused-ring (bicyclic) bond motifs is 1. The van der Waals surface area contributed by atoms with Crippen molar-refractivity contribution in [2.24, 2.45) is 4.99 Å². The summed E-state index contributed by atoms with van der Waals surface area (Å²) in [6.45, 7) is 3.47. The number of ether oxygens (including phenoxy) is 1. The highest BCUT2D eigenvalue weighted by Gasteiger charge is 2.17. The molecule has 2 N–H and O–H groups in total. The van der Waals surface area contributed by atoms with Crippen LogP contribution in [0.25, 0.3) is 11.0 Å². The van der Waals surface area contributed by atoms with Crippen molar-refractivity contribution in [1.82, 2.24) is 4.98 Å². The van der Waals surface area contributed by atoms with Gasteiger partial charge in [-0.15, -0.1) is 0 Å². The lowest BCUT2D eigenvalue weighted by molar-refractivity contribution is 0.0600. The molecule has 0 spiro atoms. The van der Waals surface area contributed by atoms with E-state index in [0.29, 0.717) is 39.2 Å². The molecule has 0 unspecified atom stereocenters. The Bertz CT molecular complexity index is 1460. The molecule has 4 aromatic rings. The number of carbonyl (C=O) groups excluding carboxylic acids is 2. The third-order valence-corrected chi connectivity index (χ3v) is 5.26. The number of hydrogen-bond donors (Lipinski definition) is 2. The maximum Gasteiger partial charge on any atom is 0.337 e. The zero-order valence-corrected chi connectivity index (χ0v) is 19.0. The summed E-state index contributed by atoms with van der Waals surface area (Å²) in [6.07, 6.45) is 1.55. The zero-order chi connectivity index (χ0) is 24.2. The highest BCUT2D eigenvalue weighted by Crippen LogP contribution is 2.22.